The van der Waals surface area contributed by atoms with Gasteiger partial charge in [0.2, 0.25) is 0 Å². The van der Waals surface area contributed by atoms with Crippen LogP contribution in [0.15, 0.2) is 60.9 Å². The Morgan fingerprint density at radius 1 is 1.15 bits per heavy atom. The molecular formula is C19H13Cl2N3OS. The summed E-state index contributed by atoms with van der Waals surface area (Å²) in [7, 11) is 0. The number of carbonyl (C=O) groups excluding carboxylic acids is 1. The van der Waals surface area contributed by atoms with E-state index >= 15 is 0 Å². The number of hydrogen-bond acceptors (Lipinski definition) is 3. The first-order valence-corrected chi connectivity index (χ1v) is 9.43. The molecule has 7 heteroatoms. The van der Waals surface area contributed by atoms with Crippen molar-refractivity contribution in [3.8, 4) is 0 Å². The second kappa shape index (κ2) is 7.11. The molecule has 4 aromatic rings. The van der Waals surface area contributed by atoms with Crippen LogP contribution in [-0.4, -0.2) is 15.7 Å². The molecule has 1 amide bonds. The SMILES string of the molecule is O=C(Nc1cnn(Cc2cccc(Cl)c2)c1)c1sc2ccccc2c1Cl. The van der Waals surface area contributed by atoms with Gasteiger partial charge in [0.25, 0.3) is 5.91 Å². The predicted molar refractivity (Wildman–Crippen MR) is 108 cm³/mol. The van der Waals surface area contributed by atoms with Crippen LogP contribution >= 0.6 is 34.5 Å². The number of nitrogens with one attached hydrogen (secondary N) is 1. The summed E-state index contributed by atoms with van der Waals surface area (Å²) in [5.74, 6) is -0.237. The molecule has 4 rings (SSSR count). The van der Waals surface area contributed by atoms with E-state index in [0.29, 0.717) is 27.2 Å². The lowest BCUT2D eigenvalue weighted by Crippen LogP contribution is -2.10. The van der Waals surface area contributed by atoms with Gasteiger partial charge in [-0.1, -0.05) is 53.5 Å². The van der Waals surface area contributed by atoms with Gasteiger partial charge in [-0.15, -0.1) is 11.3 Å². The van der Waals surface area contributed by atoms with Crippen LogP contribution in [0, 0.1) is 0 Å². The largest absolute Gasteiger partial charge is 0.319 e. The van der Waals surface area contributed by atoms with Crippen molar-refractivity contribution in [3.63, 3.8) is 0 Å². The van der Waals surface area contributed by atoms with Gasteiger partial charge in [0.15, 0.2) is 0 Å². The highest BCUT2D eigenvalue weighted by atomic mass is 35.5. The molecule has 4 nitrogen and oxygen atoms in total. The van der Waals surface area contributed by atoms with E-state index in [4.69, 9.17) is 23.2 Å². The summed E-state index contributed by atoms with van der Waals surface area (Å²) in [6.45, 7) is 0.570. The summed E-state index contributed by atoms with van der Waals surface area (Å²) in [5.41, 5.74) is 1.65. The lowest BCUT2D eigenvalue weighted by Gasteiger charge is -2.02. The van der Waals surface area contributed by atoms with Crippen LogP contribution in [0.2, 0.25) is 10.0 Å². The van der Waals surface area contributed by atoms with Gasteiger partial charge < -0.3 is 5.32 Å². The molecule has 0 fully saturated rings. The molecule has 0 atom stereocenters. The van der Waals surface area contributed by atoms with E-state index in [9.17, 15) is 4.79 Å². The monoisotopic (exact) mass is 401 g/mol. The first-order valence-electron chi connectivity index (χ1n) is 7.85. The van der Waals surface area contributed by atoms with E-state index < -0.39 is 0 Å². The van der Waals surface area contributed by atoms with Gasteiger partial charge in [0, 0.05) is 21.3 Å². The maximum Gasteiger partial charge on any atom is 0.267 e. The summed E-state index contributed by atoms with van der Waals surface area (Å²) in [5, 5.41) is 9.19. The first-order chi connectivity index (χ1) is 12.6. The number of rotatable bonds is 4. The second-order valence-corrected chi connectivity index (χ2v) is 7.62. The van der Waals surface area contributed by atoms with Crippen molar-refractivity contribution in [2.45, 2.75) is 6.54 Å². The van der Waals surface area contributed by atoms with Gasteiger partial charge in [-0.3, -0.25) is 9.48 Å². The van der Waals surface area contributed by atoms with Crippen LogP contribution < -0.4 is 5.32 Å². The summed E-state index contributed by atoms with van der Waals surface area (Å²) in [6.07, 6.45) is 3.39. The number of benzene rings is 2. The highest BCUT2D eigenvalue weighted by molar-refractivity contribution is 7.21. The maximum atomic E-state index is 12.6. The molecule has 0 spiro atoms. The van der Waals surface area contributed by atoms with Crippen LogP contribution in [0.4, 0.5) is 5.69 Å². The minimum absolute atomic E-state index is 0.237. The third kappa shape index (κ3) is 3.46. The zero-order valence-corrected chi connectivity index (χ0v) is 15.8. The van der Waals surface area contributed by atoms with Gasteiger partial charge in [0.1, 0.15) is 4.88 Å². The van der Waals surface area contributed by atoms with E-state index in [-0.39, 0.29) is 5.91 Å². The van der Waals surface area contributed by atoms with Gasteiger partial charge >= 0.3 is 0 Å². The zero-order valence-electron chi connectivity index (χ0n) is 13.4. The molecule has 0 bridgehead atoms. The van der Waals surface area contributed by atoms with E-state index in [1.807, 2.05) is 48.5 Å². The third-order valence-corrected chi connectivity index (χ3v) is 5.78. The molecule has 0 unspecified atom stereocenters. The maximum absolute atomic E-state index is 12.6. The normalized spacial score (nSPS) is 11.0. The number of fused-ring (bicyclic) bond motifs is 1. The molecule has 0 aliphatic carbocycles. The van der Waals surface area contributed by atoms with Crippen molar-refractivity contribution in [1.29, 1.82) is 0 Å². The number of hydrogen-bond donors (Lipinski definition) is 1. The fourth-order valence-electron chi connectivity index (χ4n) is 2.68. The molecule has 0 aliphatic rings. The summed E-state index contributed by atoms with van der Waals surface area (Å²) in [6, 6.07) is 15.3. The molecule has 1 N–H and O–H groups in total. The summed E-state index contributed by atoms with van der Waals surface area (Å²) < 4.78 is 2.73. The molecule has 2 aromatic heterocycles. The molecule has 130 valence electrons. The molecule has 0 saturated carbocycles. The van der Waals surface area contributed by atoms with Crippen molar-refractivity contribution in [1.82, 2.24) is 9.78 Å². The van der Waals surface area contributed by atoms with Gasteiger partial charge in [-0.05, 0) is 23.8 Å². The fourth-order valence-corrected chi connectivity index (χ4v) is 4.31. The molecule has 0 aliphatic heterocycles. The number of thiophene rings is 1. The number of aromatic nitrogens is 2. The number of halogens is 2. The highest BCUT2D eigenvalue weighted by Crippen LogP contribution is 2.35. The number of amides is 1. The third-order valence-electron chi connectivity index (χ3n) is 3.87. The van der Waals surface area contributed by atoms with E-state index in [1.165, 1.54) is 11.3 Å². The van der Waals surface area contributed by atoms with Crippen LogP contribution in [0.25, 0.3) is 10.1 Å². The van der Waals surface area contributed by atoms with Gasteiger partial charge in [-0.25, -0.2) is 0 Å². The summed E-state index contributed by atoms with van der Waals surface area (Å²) in [4.78, 5) is 13.1. The van der Waals surface area contributed by atoms with Gasteiger partial charge in [-0.2, -0.15) is 5.10 Å². The molecule has 2 aromatic carbocycles. The van der Waals surface area contributed by atoms with Crippen LogP contribution in [0.3, 0.4) is 0 Å². The van der Waals surface area contributed by atoms with E-state index in [2.05, 4.69) is 10.4 Å². The number of nitrogens with zero attached hydrogens (tertiary/aromatic N) is 2. The Morgan fingerprint density at radius 3 is 2.81 bits per heavy atom. The van der Waals surface area contributed by atoms with Crippen molar-refractivity contribution < 1.29 is 4.79 Å². The summed E-state index contributed by atoms with van der Waals surface area (Å²) >= 11 is 13.7. The number of carbonyl (C=O) groups is 1. The van der Waals surface area contributed by atoms with Crippen molar-refractivity contribution >= 4 is 56.2 Å². The molecular weight excluding hydrogens is 389 g/mol. The molecule has 26 heavy (non-hydrogen) atoms. The van der Waals surface area contributed by atoms with E-state index in [1.54, 1.807) is 17.1 Å². The van der Waals surface area contributed by atoms with Crippen LogP contribution in [0.1, 0.15) is 15.2 Å². The van der Waals surface area contributed by atoms with E-state index in [0.717, 1.165) is 15.6 Å². The zero-order chi connectivity index (χ0) is 18.1. The highest BCUT2D eigenvalue weighted by Gasteiger charge is 2.17. The average Bonchev–Trinajstić information content (AvgIpc) is 3.20. The van der Waals surface area contributed by atoms with Gasteiger partial charge in [0.05, 0.1) is 23.5 Å². The standard InChI is InChI=1S/C19H13Cl2N3OS/c20-13-5-3-4-12(8-13)10-24-11-14(9-22-24)23-19(25)18-17(21)15-6-1-2-7-16(15)26-18/h1-9,11H,10H2,(H,23,25). The Hall–Kier alpha value is -2.34. The topological polar surface area (TPSA) is 46.9 Å². The number of anilines is 1. The Morgan fingerprint density at radius 2 is 2.00 bits per heavy atom. The quantitative estimate of drug-likeness (QED) is 0.476. The minimum Gasteiger partial charge on any atom is -0.319 e. The Balaban J connectivity index is 1.51. The Bertz CT molecular complexity index is 1100. The second-order valence-electron chi connectivity index (χ2n) is 5.75. The predicted octanol–water partition coefficient (Wildman–Crippen LogP) is 5.71. The Kier molecular flexibility index (Phi) is 4.68. The Labute approximate surface area is 164 Å². The van der Waals surface area contributed by atoms with Crippen LogP contribution in [0.5, 0.6) is 0 Å². The minimum atomic E-state index is -0.237. The molecule has 2 heterocycles. The smallest absolute Gasteiger partial charge is 0.267 e. The lowest BCUT2D eigenvalue weighted by molar-refractivity contribution is 0.103. The van der Waals surface area contributed by atoms with Crippen molar-refractivity contribution in [3.05, 3.63) is 81.4 Å². The molecule has 0 radical (unpaired) electrons. The molecule has 0 saturated heterocycles. The van der Waals surface area contributed by atoms with Crippen molar-refractivity contribution in [2.75, 3.05) is 5.32 Å². The first kappa shape index (κ1) is 17.1. The average molecular weight is 402 g/mol. The fraction of sp³-hybridized carbons (Fsp3) is 0.0526. The van der Waals surface area contributed by atoms with Crippen LogP contribution in [-0.2, 0) is 6.54 Å². The lowest BCUT2D eigenvalue weighted by atomic mass is 10.2. The van der Waals surface area contributed by atoms with Crippen molar-refractivity contribution in [2.24, 2.45) is 0 Å².